The smallest absolute Gasteiger partial charge is 0.399 e. The third-order valence-corrected chi connectivity index (χ3v) is 6.42. The van der Waals surface area contributed by atoms with Gasteiger partial charge >= 0.3 is 7.12 Å². The van der Waals surface area contributed by atoms with Crippen molar-refractivity contribution >= 4 is 18.3 Å². The lowest BCUT2D eigenvalue weighted by atomic mass is 9.79. The fourth-order valence-corrected chi connectivity index (χ4v) is 4.35. The van der Waals surface area contributed by atoms with Crippen molar-refractivity contribution in [2.45, 2.75) is 82.8 Å². The van der Waals surface area contributed by atoms with Crippen molar-refractivity contribution in [2.75, 3.05) is 4.90 Å². The van der Waals surface area contributed by atoms with Gasteiger partial charge in [-0.25, -0.2) is 0 Å². The third kappa shape index (κ3) is 2.58. The van der Waals surface area contributed by atoms with Crippen molar-refractivity contribution in [3.8, 4) is 0 Å². The first-order valence-electron chi connectivity index (χ1n) is 9.19. The number of hydrogen-bond donors (Lipinski definition) is 1. The molecule has 0 spiro atoms. The summed E-state index contributed by atoms with van der Waals surface area (Å²) in [4.78, 5) is 2.51. The SMILES string of the molecule is CC1(C)OB(c2ccc(N3[C@@H]4CC[C@H]3C[C@H](O)C4)cc2)OC1(C)C. The summed E-state index contributed by atoms with van der Waals surface area (Å²) in [5, 5.41) is 9.98. The quantitative estimate of drug-likeness (QED) is 0.847. The monoisotopic (exact) mass is 329 g/mol. The van der Waals surface area contributed by atoms with E-state index in [1.54, 1.807) is 0 Å². The van der Waals surface area contributed by atoms with Crippen molar-refractivity contribution < 1.29 is 14.4 Å². The summed E-state index contributed by atoms with van der Waals surface area (Å²) in [5.41, 5.74) is 1.72. The van der Waals surface area contributed by atoms with E-state index in [0.29, 0.717) is 12.1 Å². The Bertz CT molecular complexity index is 586. The Morgan fingerprint density at radius 3 is 1.96 bits per heavy atom. The number of piperidine rings is 1. The van der Waals surface area contributed by atoms with E-state index in [0.717, 1.165) is 18.3 Å². The average Bonchev–Trinajstić information content (AvgIpc) is 2.89. The molecule has 4 rings (SSSR count). The zero-order chi connectivity index (χ0) is 17.1. The Labute approximate surface area is 145 Å². The zero-order valence-electron chi connectivity index (χ0n) is 15.2. The lowest BCUT2D eigenvalue weighted by molar-refractivity contribution is 0.00578. The number of anilines is 1. The number of rotatable bonds is 2. The minimum atomic E-state index is -0.307. The van der Waals surface area contributed by atoms with Crippen LogP contribution in [-0.4, -0.2) is 41.6 Å². The van der Waals surface area contributed by atoms with Crippen molar-refractivity contribution in [1.29, 1.82) is 0 Å². The van der Waals surface area contributed by atoms with Crippen LogP contribution in [0, 0.1) is 0 Å². The molecule has 3 fully saturated rings. The number of aliphatic hydroxyl groups excluding tert-OH is 1. The largest absolute Gasteiger partial charge is 0.494 e. The number of fused-ring (bicyclic) bond motifs is 2. The second-order valence-electron chi connectivity index (χ2n) is 8.60. The second-order valence-corrected chi connectivity index (χ2v) is 8.60. The van der Waals surface area contributed by atoms with Gasteiger partial charge in [-0.2, -0.15) is 0 Å². The molecule has 1 aromatic carbocycles. The summed E-state index contributed by atoms with van der Waals surface area (Å²) in [6.07, 6.45) is 4.06. The maximum absolute atomic E-state index is 9.98. The highest BCUT2D eigenvalue weighted by Gasteiger charge is 2.51. The molecule has 3 heterocycles. The Hall–Kier alpha value is -1.04. The number of hydrogen-bond acceptors (Lipinski definition) is 4. The van der Waals surface area contributed by atoms with Crippen LogP contribution >= 0.6 is 0 Å². The van der Waals surface area contributed by atoms with Gasteiger partial charge in [0.25, 0.3) is 0 Å². The molecule has 2 bridgehead atoms. The predicted molar refractivity (Wildman–Crippen MR) is 96.7 cm³/mol. The number of benzene rings is 1. The van der Waals surface area contributed by atoms with Gasteiger partial charge < -0.3 is 19.3 Å². The number of aliphatic hydroxyl groups is 1. The van der Waals surface area contributed by atoms with E-state index in [1.165, 1.54) is 18.5 Å². The van der Waals surface area contributed by atoms with Gasteiger partial charge in [-0.1, -0.05) is 12.1 Å². The Kier molecular flexibility index (Phi) is 3.75. The Morgan fingerprint density at radius 1 is 0.958 bits per heavy atom. The maximum Gasteiger partial charge on any atom is 0.494 e. The fraction of sp³-hybridized carbons (Fsp3) is 0.684. The van der Waals surface area contributed by atoms with E-state index in [9.17, 15) is 5.11 Å². The van der Waals surface area contributed by atoms with Crippen LogP contribution in [0.3, 0.4) is 0 Å². The summed E-state index contributed by atoms with van der Waals surface area (Å²) >= 11 is 0. The summed E-state index contributed by atoms with van der Waals surface area (Å²) in [6.45, 7) is 8.33. The van der Waals surface area contributed by atoms with Crippen LogP contribution in [0.1, 0.15) is 53.4 Å². The molecule has 0 radical (unpaired) electrons. The van der Waals surface area contributed by atoms with Gasteiger partial charge in [-0.05, 0) is 71.0 Å². The Morgan fingerprint density at radius 2 is 1.46 bits per heavy atom. The molecule has 1 aromatic rings. The van der Waals surface area contributed by atoms with E-state index in [1.807, 2.05) is 0 Å². The molecule has 5 heteroatoms. The van der Waals surface area contributed by atoms with Gasteiger partial charge in [-0.15, -0.1) is 0 Å². The van der Waals surface area contributed by atoms with Crippen molar-refractivity contribution in [2.24, 2.45) is 0 Å². The average molecular weight is 329 g/mol. The molecule has 3 saturated heterocycles. The standard InChI is InChI=1S/C19H28BNO3/c1-18(2)19(3,4)24-20(23-18)13-5-7-14(8-6-13)21-15-9-10-16(21)12-17(22)11-15/h5-8,15-17,22H,9-12H2,1-4H3/t15-,16+,17-. The lowest BCUT2D eigenvalue weighted by Crippen LogP contribution is -2.45. The van der Waals surface area contributed by atoms with Crippen LogP contribution in [0.25, 0.3) is 0 Å². The van der Waals surface area contributed by atoms with Crippen molar-refractivity contribution in [3.05, 3.63) is 24.3 Å². The predicted octanol–water partition coefficient (Wildman–Crippen LogP) is 2.48. The van der Waals surface area contributed by atoms with Crippen LogP contribution in [0.2, 0.25) is 0 Å². The second kappa shape index (κ2) is 5.48. The highest BCUT2D eigenvalue weighted by atomic mass is 16.7. The zero-order valence-corrected chi connectivity index (χ0v) is 15.2. The first kappa shape index (κ1) is 16.4. The minimum Gasteiger partial charge on any atom is -0.399 e. The topological polar surface area (TPSA) is 41.9 Å². The highest BCUT2D eigenvalue weighted by Crippen LogP contribution is 2.40. The maximum atomic E-state index is 9.98. The molecule has 4 nitrogen and oxygen atoms in total. The molecule has 0 aliphatic carbocycles. The van der Waals surface area contributed by atoms with Crippen LogP contribution in [0.4, 0.5) is 5.69 Å². The van der Waals surface area contributed by atoms with Gasteiger partial charge in [0.2, 0.25) is 0 Å². The van der Waals surface area contributed by atoms with Crippen LogP contribution < -0.4 is 10.4 Å². The normalized spacial score (nSPS) is 34.0. The highest BCUT2D eigenvalue weighted by molar-refractivity contribution is 6.62. The van der Waals surface area contributed by atoms with E-state index in [2.05, 4.69) is 56.9 Å². The summed E-state index contributed by atoms with van der Waals surface area (Å²) in [7, 11) is -0.302. The molecule has 0 aromatic heterocycles. The first-order chi connectivity index (χ1) is 11.3. The van der Waals surface area contributed by atoms with Crippen molar-refractivity contribution in [3.63, 3.8) is 0 Å². The molecule has 0 saturated carbocycles. The van der Waals surface area contributed by atoms with Gasteiger partial charge in [0, 0.05) is 17.8 Å². The van der Waals surface area contributed by atoms with Crippen molar-refractivity contribution in [1.82, 2.24) is 0 Å². The third-order valence-electron chi connectivity index (χ3n) is 6.42. The van der Waals surface area contributed by atoms with Gasteiger partial charge in [0.05, 0.1) is 17.3 Å². The van der Waals surface area contributed by atoms with E-state index in [-0.39, 0.29) is 24.4 Å². The molecular weight excluding hydrogens is 301 g/mol. The van der Waals surface area contributed by atoms with Crippen LogP contribution in [-0.2, 0) is 9.31 Å². The van der Waals surface area contributed by atoms with Gasteiger partial charge in [-0.3, -0.25) is 0 Å². The van der Waals surface area contributed by atoms with Gasteiger partial charge in [0.15, 0.2) is 0 Å². The molecule has 0 amide bonds. The molecule has 24 heavy (non-hydrogen) atoms. The van der Waals surface area contributed by atoms with Crippen LogP contribution in [0.15, 0.2) is 24.3 Å². The molecule has 3 atom stereocenters. The molecular formula is C19H28BNO3. The van der Waals surface area contributed by atoms with E-state index < -0.39 is 0 Å². The molecule has 130 valence electrons. The summed E-state index contributed by atoms with van der Waals surface area (Å²) in [5.74, 6) is 0. The minimum absolute atomic E-state index is 0.122. The van der Waals surface area contributed by atoms with E-state index in [4.69, 9.17) is 9.31 Å². The molecule has 3 aliphatic rings. The first-order valence-corrected chi connectivity index (χ1v) is 9.19. The fourth-order valence-electron chi connectivity index (χ4n) is 4.35. The summed E-state index contributed by atoms with van der Waals surface area (Å²) in [6, 6.07) is 9.60. The summed E-state index contributed by atoms with van der Waals surface area (Å²) < 4.78 is 12.3. The van der Waals surface area contributed by atoms with E-state index >= 15 is 0 Å². The lowest BCUT2D eigenvalue weighted by Gasteiger charge is -2.39. The molecule has 1 N–H and O–H groups in total. The van der Waals surface area contributed by atoms with Gasteiger partial charge in [0.1, 0.15) is 0 Å². The number of nitrogens with zero attached hydrogens (tertiary/aromatic N) is 1. The van der Waals surface area contributed by atoms with Crippen LogP contribution in [0.5, 0.6) is 0 Å². The molecule has 3 aliphatic heterocycles. The molecule has 0 unspecified atom stereocenters. The Balaban J connectivity index is 1.52.